The molecule has 26 heavy (non-hydrogen) atoms. The molecule has 1 aromatic carbocycles. The highest BCUT2D eigenvalue weighted by Crippen LogP contribution is 2.40. The van der Waals surface area contributed by atoms with Gasteiger partial charge in [-0.2, -0.15) is 13.2 Å². The van der Waals surface area contributed by atoms with Crippen LogP contribution in [-0.2, 0) is 19.2 Å². The molecule has 0 aliphatic rings. The maximum atomic E-state index is 13.3. The lowest BCUT2D eigenvalue weighted by Gasteiger charge is -2.29. The van der Waals surface area contributed by atoms with E-state index in [4.69, 9.17) is 11.6 Å². The van der Waals surface area contributed by atoms with Gasteiger partial charge in [0.05, 0.1) is 0 Å². The molecule has 10 heteroatoms. The number of urea groups is 1. The first kappa shape index (κ1) is 20.1. The summed E-state index contributed by atoms with van der Waals surface area (Å²) < 4.78 is 41.1. The number of rotatable bonds is 6. The lowest BCUT2D eigenvalue weighted by Crippen LogP contribution is -2.47. The summed E-state index contributed by atoms with van der Waals surface area (Å²) in [5, 5.41) is 15.5. The van der Waals surface area contributed by atoms with Crippen LogP contribution in [0.4, 0.5) is 18.0 Å². The number of nitrogens with one attached hydrogen (secondary N) is 2. The Morgan fingerprint density at radius 2 is 1.92 bits per heavy atom. The van der Waals surface area contributed by atoms with Crippen LogP contribution in [0.2, 0.25) is 5.02 Å². The van der Waals surface area contributed by atoms with Crippen molar-refractivity contribution in [3.8, 4) is 0 Å². The average Bonchev–Trinajstić information content (AvgIpc) is 2.99. The van der Waals surface area contributed by atoms with E-state index in [1.165, 1.54) is 13.2 Å². The standard InChI is InChI=1S/C16H18ClF3N4O2/c1-24-9-8-21-13(24)15(26,16(18,19)20)6-7-22-14(25)23-10-11-2-4-12(17)5-3-11/h2-5,8-9,26H,6-7,10H2,1H3,(H2,22,23,25). The Morgan fingerprint density at radius 3 is 2.46 bits per heavy atom. The molecule has 0 saturated heterocycles. The molecule has 0 bridgehead atoms. The number of hydrogen-bond donors (Lipinski definition) is 3. The molecule has 2 aromatic rings. The first-order valence-electron chi connectivity index (χ1n) is 7.66. The van der Waals surface area contributed by atoms with Crippen LogP contribution in [0.3, 0.4) is 0 Å². The second-order valence-corrected chi connectivity index (χ2v) is 6.14. The number of carbonyl (C=O) groups is 1. The fourth-order valence-electron chi connectivity index (χ4n) is 2.35. The average molecular weight is 391 g/mol. The van der Waals surface area contributed by atoms with Crippen LogP contribution in [0.15, 0.2) is 36.7 Å². The van der Waals surface area contributed by atoms with Gasteiger partial charge in [-0.25, -0.2) is 9.78 Å². The normalized spacial score (nSPS) is 13.9. The highest BCUT2D eigenvalue weighted by molar-refractivity contribution is 6.30. The number of benzene rings is 1. The summed E-state index contributed by atoms with van der Waals surface area (Å²) in [7, 11) is 1.35. The topological polar surface area (TPSA) is 79.2 Å². The molecule has 0 spiro atoms. The summed E-state index contributed by atoms with van der Waals surface area (Å²) in [4.78, 5) is 15.3. The fourth-order valence-corrected chi connectivity index (χ4v) is 2.47. The van der Waals surface area contributed by atoms with Crippen LogP contribution in [0.25, 0.3) is 0 Å². The van der Waals surface area contributed by atoms with Crippen molar-refractivity contribution in [2.75, 3.05) is 6.54 Å². The Morgan fingerprint density at radius 1 is 1.27 bits per heavy atom. The van der Waals surface area contributed by atoms with Gasteiger partial charge in [0.25, 0.3) is 0 Å². The molecule has 0 fully saturated rings. The van der Waals surface area contributed by atoms with E-state index in [1.807, 2.05) is 0 Å². The van der Waals surface area contributed by atoms with Crippen molar-refractivity contribution in [2.24, 2.45) is 7.05 Å². The van der Waals surface area contributed by atoms with E-state index in [-0.39, 0.29) is 6.54 Å². The molecule has 2 rings (SSSR count). The van der Waals surface area contributed by atoms with Crippen LogP contribution in [0.5, 0.6) is 0 Å². The van der Waals surface area contributed by atoms with E-state index in [0.717, 1.165) is 16.3 Å². The smallest absolute Gasteiger partial charge is 0.374 e. The number of aliphatic hydroxyl groups is 1. The molecule has 142 valence electrons. The van der Waals surface area contributed by atoms with Gasteiger partial charge in [-0.3, -0.25) is 0 Å². The predicted octanol–water partition coefficient (Wildman–Crippen LogP) is 2.71. The van der Waals surface area contributed by atoms with Crippen molar-refractivity contribution in [3.05, 3.63) is 53.1 Å². The lowest BCUT2D eigenvalue weighted by atomic mass is 9.97. The molecule has 1 unspecified atom stereocenters. The third kappa shape index (κ3) is 4.67. The van der Waals surface area contributed by atoms with Crippen molar-refractivity contribution in [1.82, 2.24) is 20.2 Å². The number of carbonyl (C=O) groups excluding carboxylic acids is 1. The summed E-state index contributed by atoms with van der Waals surface area (Å²) in [6, 6.07) is 6.10. The zero-order valence-corrected chi connectivity index (χ0v) is 14.6. The van der Waals surface area contributed by atoms with E-state index < -0.39 is 36.6 Å². The summed E-state index contributed by atoms with van der Waals surface area (Å²) in [6.45, 7) is -0.207. The summed E-state index contributed by atoms with van der Waals surface area (Å²) >= 11 is 5.75. The Hall–Kier alpha value is -2.26. The van der Waals surface area contributed by atoms with Crippen molar-refractivity contribution >= 4 is 17.6 Å². The Labute approximate surface area is 153 Å². The first-order valence-corrected chi connectivity index (χ1v) is 8.04. The molecule has 0 aliphatic heterocycles. The maximum absolute atomic E-state index is 13.3. The molecule has 3 N–H and O–H groups in total. The van der Waals surface area contributed by atoms with Gasteiger partial charge in [0.2, 0.25) is 5.60 Å². The molecular formula is C16H18ClF3N4O2. The minimum Gasteiger partial charge on any atom is -0.374 e. The maximum Gasteiger partial charge on any atom is 0.424 e. The molecule has 1 heterocycles. The van der Waals surface area contributed by atoms with Crippen LogP contribution >= 0.6 is 11.6 Å². The van der Waals surface area contributed by atoms with Crippen molar-refractivity contribution in [3.63, 3.8) is 0 Å². The van der Waals surface area contributed by atoms with E-state index in [0.29, 0.717) is 5.02 Å². The number of aryl methyl sites for hydroxylation is 1. The second-order valence-electron chi connectivity index (χ2n) is 5.71. The molecule has 6 nitrogen and oxygen atoms in total. The van der Waals surface area contributed by atoms with Crippen LogP contribution in [0, 0.1) is 0 Å². The van der Waals surface area contributed by atoms with Crippen LogP contribution in [-0.4, -0.2) is 33.4 Å². The van der Waals surface area contributed by atoms with Gasteiger partial charge in [0.15, 0.2) is 0 Å². The molecular weight excluding hydrogens is 373 g/mol. The number of nitrogens with zero attached hydrogens (tertiary/aromatic N) is 2. The van der Waals surface area contributed by atoms with E-state index in [9.17, 15) is 23.1 Å². The monoisotopic (exact) mass is 390 g/mol. The summed E-state index contributed by atoms with van der Waals surface area (Å²) in [5.41, 5.74) is -2.38. The molecule has 1 aromatic heterocycles. The number of halogens is 4. The number of alkyl halides is 3. The van der Waals surface area contributed by atoms with Gasteiger partial charge in [0.1, 0.15) is 5.82 Å². The van der Waals surface area contributed by atoms with Gasteiger partial charge < -0.3 is 20.3 Å². The van der Waals surface area contributed by atoms with Gasteiger partial charge in [-0.1, -0.05) is 23.7 Å². The highest BCUT2D eigenvalue weighted by Gasteiger charge is 2.57. The predicted molar refractivity (Wildman–Crippen MR) is 89.5 cm³/mol. The number of hydrogen-bond acceptors (Lipinski definition) is 3. The lowest BCUT2D eigenvalue weighted by molar-refractivity contribution is -0.272. The van der Waals surface area contributed by atoms with Gasteiger partial charge in [0, 0.05) is 44.0 Å². The number of amides is 2. The van der Waals surface area contributed by atoms with Crippen LogP contribution < -0.4 is 10.6 Å². The first-order chi connectivity index (χ1) is 12.1. The molecule has 0 radical (unpaired) electrons. The van der Waals surface area contributed by atoms with Crippen molar-refractivity contribution in [1.29, 1.82) is 0 Å². The Balaban J connectivity index is 1.90. The zero-order chi connectivity index (χ0) is 19.4. The van der Waals surface area contributed by atoms with Gasteiger partial charge in [-0.05, 0) is 17.7 Å². The Bertz CT molecular complexity index is 749. The summed E-state index contributed by atoms with van der Waals surface area (Å²) in [5.74, 6) is -0.534. The van der Waals surface area contributed by atoms with Crippen molar-refractivity contribution in [2.45, 2.75) is 24.7 Å². The molecule has 0 saturated carbocycles. The minimum absolute atomic E-state index is 0.186. The van der Waals surface area contributed by atoms with Gasteiger partial charge >= 0.3 is 12.2 Å². The fraction of sp³-hybridized carbons (Fsp3) is 0.375. The van der Waals surface area contributed by atoms with E-state index >= 15 is 0 Å². The SMILES string of the molecule is Cn1ccnc1C(O)(CCNC(=O)NCc1ccc(Cl)cc1)C(F)(F)F. The largest absolute Gasteiger partial charge is 0.424 e. The van der Waals surface area contributed by atoms with Gasteiger partial charge in [-0.15, -0.1) is 0 Å². The minimum atomic E-state index is -4.94. The quantitative estimate of drug-likeness (QED) is 0.709. The summed E-state index contributed by atoms with van der Waals surface area (Å²) in [6.07, 6.45) is -3.24. The zero-order valence-electron chi connectivity index (χ0n) is 13.8. The van der Waals surface area contributed by atoms with Crippen LogP contribution in [0.1, 0.15) is 17.8 Å². The van der Waals surface area contributed by atoms with Crippen molar-refractivity contribution < 1.29 is 23.1 Å². The molecule has 1 atom stereocenters. The third-order valence-electron chi connectivity index (χ3n) is 3.80. The molecule has 0 aliphatic carbocycles. The highest BCUT2D eigenvalue weighted by atomic mass is 35.5. The molecule has 2 amide bonds. The Kier molecular flexibility index (Phi) is 6.14. The number of imidazole rings is 1. The van der Waals surface area contributed by atoms with E-state index in [2.05, 4.69) is 15.6 Å². The second kappa shape index (κ2) is 7.96. The van der Waals surface area contributed by atoms with E-state index in [1.54, 1.807) is 24.3 Å². The number of aromatic nitrogens is 2. The third-order valence-corrected chi connectivity index (χ3v) is 4.05.